The third-order valence-corrected chi connectivity index (χ3v) is 1.99. The average molecular weight is 170 g/mol. The fourth-order valence-electron chi connectivity index (χ4n) is 1.24. The van der Waals surface area contributed by atoms with Gasteiger partial charge in [0.2, 0.25) is 0 Å². The molecule has 1 aliphatic carbocycles. The highest BCUT2D eigenvalue weighted by Crippen LogP contribution is 2.22. The standard InChI is InChI=1S/C7H14O.C2H6.C2H2/c1-6-2-4-7(8)5-3-6;2*1-2/h6-8H,2-5H2,1H3;1-2H3;1-2H. The predicted octanol–water partition coefficient (Wildman–Crippen LogP) is 2.83. The average Bonchev–Trinajstić information content (AvgIpc) is 2.17. The van der Waals surface area contributed by atoms with Gasteiger partial charge >= 0.3 is 0 Å². The molecule has 12 heavy (non-hydrogen) atoms. The zero-order valence-corrected chi connectivity index (χ0v) is 8.59. The maximum atomic E-state index is 9.03. The molecule has 1 N–H and O–H groups in total. The van der Waals surface area contributed by atoms with Crippen molar-refractivity contribution in [2.75, 3.05) is 0 Å². The van der Waals surface area contributed by atoms with Gasteiger partial charge in [0, 0.05) is 0 Å². The maximum Gasteiger partial charge on any atom is 0.0540 e. The number of rotatable bonds is 0. The Morgan fingerprint density at radius 1 is 1.00 bits per heavy atom. The second-order valence-corrected chi connectivity index (χ2v) is 2.91. The Morgan fingerprint density at radius 2 is 1.33 bits per heavy atom. The molecule has 72 valence electrons. The van der Waals surface area contributed by atoms with Gasteiger partial charge in [0.1, 0.15) is 0 Å². The molecule has 0 amide bonds. The summed E-state index contributed by atoms with van der Waals surface area (Å²) in [6.45, 7) is 6.26. The summed E-state index contributed by atoms with van der Waals surface area (Å²) in [7, 11) is 0. The molecule has 0 aliphatic heterocycles. The molecular weight excluding hydrogens is 148 g/mol. The largest absolute Gasteiger partial charge is 0.393 e. The van der Waals surface area contributed by atoms with E-state index in [2.05, 4.69) is 19.8 Å². The molecule has 1 heteroatoms. The van der Waals surface area contributed by atoms with Crippen LogP contribution in [0.2, 0.25) is 0 Å². The van der Waals surface area contributed by atoms with E-state index in [9.17, 15) is 0 Å². The van der Waals surface area contributed by atoms with Gasteiger partial charge < -0.3 is 5.11 Å². The van der Waals surface area contributed by atoms with Gasteiger partial charge in [-0.05, 0) is 31.6 Å². The quantitative estimate of drug-likeness (QED) is 0.554. The summed E-state index contributed by atoms with van der Waals surface area (Å²) < 4.78 is 0. The maximum absolute atomic E-state index is 9.03. The highest BCUT2D eigenvalue weighted by Gasteiger charge is 2.14. The molecule has 1 rings (SSSR count). The summed E-state index contributed by atoms with van der Waals surface area (Å²) in [5.41, 5.74) is 0. The molecule has 0 aromatic carbocycles. The van der Waals surface area contributed by atoms with E-state index < -0.39 is 0 Å². The Morgan fingerprint density at radius 3 is 1.58 bits per heavy atom. The van der Waals surface area contributed by atoms with Crippen LogP contribution in [-0.2, 0) is 0 Å². The van der Waals surface area contributed by atoms with Crippen molar-refractivity contribution in [3.05, 3.63) is 0 Å². The van der Waals surface area contributed by atoms with Crippen LogP contribution in [0.5, 0.6) is 0 Å². The topological polar surface area (TPSA) is 20.2 Å². The van der Waals surface area contributed by atoms with Gasteiger partial charge in [0.05, 0.1) is 6.10 Å². The molecule has 0 spiro atoms. The number of hydrogen-bond acceptors (Lipinski definition) is 1. The highest BCUT2D eigenvalue weighted by molar-refractivity contribution is 4.67. The first-order valence-corrected chi connectivity index (χ1v) is 4.80. The van der Waals surface area contributed by atoms with Crippen molar-refractivity contribution < 1.29 is 5.11 Å². The zero-order chi connectivity index (χ0) is 9.98. The van der Waals surface area contributed by atoms with Crippen LogP contribution in [0.1, 0.15) is 46.5 Å². The van der Waals surface area contributed by atoms with Crippen molar-refractivity contribution in [3.63, 3.8) is 0 Å². The first-order chi connectivity index (χ1) is 5.79. The Hall–Kier alpha value is -0.480. The second kappa shape index (κ2) is 10.5. The Labute approximate surface area is 77.2 Å². The van der Waals surface area contributed by atoms with E-state index in [4.69, 9.17) is 5.11 Å². The smallest absolute Gasteiger partial charge is 0.0540 e. The fraction of sp³-hybridized carbons (Fsp3) is 0.818. The van der Waals surface area contributed by atoms with Crippen LogP contribution in [0.25, 0.3) is 0 Å². The van der Waals surface area contributed by atoms with Crippen molar-refractivity contribution >= 4 is 0 Å². The predicted molar refractivity (Wildman–Crippen MR) is 54.9 cm³/mol. The van der Waals surface area contributed by atoms with Crippen LogP contribution in [0.3, 0.4) is 0 Å². The third-order valence-electron chi connectivity index (χ3n) is 1.99. The van der Waals surface area contributed by atoms with Gasteiger partial charge in [-0.1, -0.05) is 20.8 Å². The number of hydrogen-bond donors (Lipinski definition) is 1. The molecule has 0 aromatic heterocycles. The first-order valence-electron chi connectivity index (χ1n) is 4.80. The fourth-order valence-corrected chi connectivity index (χ4v) is 1.24. The van der Waals surface area contributed by atoms with Gasteiger partial charge in [-0.15, -0.1) is 12.8 Å². The Balaban J connectivity index is 0. The molecule has 0 saturated heterocycles. The highest BCUT2D eigenvalue weighted by atomic mass is 16.3. The number of aliphatic hydroxyl groups is 1. The molecule has 0 radical (unpaired) electrons. The first kappa shape index (κ1) is 14.1. The van der Waals surface area contributed by atoms with Crippen molar-refractivity contribution in [3.8, 4) is 12.8 Å². The van der Waals surface area contributed by atoms with Gasteiger partial charge in [-0.3, -0.25) is 0 Å². The monoisotopic (exact) mass is 170 g/mol. The van der Waals surface area contributed by atoms with Crippen LogP contribution in [0, 0.1) is 18.8 Å². The molecule has 1 saturated carbocycles. The van der Waals surface area contributed by atoms with Gasteiger partial charge in [0.25, 0.3) is 0 Å². The molecule has 1 fully saturated rings. The van der Waals surface area contributed by atoms with Gasteiger partial charge in [-0.2, -0.15) is 0 Å². The van der Waals surface area contributed by atoms with Crippen molar-refractivity contribution in [1.82, 2.24) is 0 Å². The van der Waals surface area contributed by atoms with E-state index in [1.807, 2.05) is 13.8 Å². The summed E-state index contributed by atoms with van der Waals surface area (Å²) in [6.07, 6.45) is 12.5. The number of terminal acetylenes is 1. The minimum atomic E-state index is 0.0196. The van der Waals surface area contributed by atoms with E-state index in [1.54, 1.807) is 0 Å². The molecule has 0 aromatic rings. The zero-order valence-electron chi connectivity index (χ0n) is 8.59. The molecular formula is C11H22O. The van der Waals surface area contributed by atoms with Gasteiger partial charge in [-0.25, -0.2) is 0 Å². The molecule has 0 atom stereocenters. The summed E-state index contributed by atoms with van der Waals surface area (Å²) in [6, 6.07) is 0. The lowest BCUT2D eigenvalue weighted by Gasteiger charge is -2.21. The number of aliphatic hydroxyl groups excluding tert-OH is 1. The van der Waals surface area contributed by atoms with E-state index in [0.29, 0.717) is 0 Å². The van der Waals surface area contributed by atoms with Crippen LogP contribution >= 0.6 is 0 Å². The summed E-state index contributed by atoms with van der Waals surface area (Å²) in [4.78, 5) is 0. The van der Waals surface area contributed by atoms with Crippen LogP contribution in [0.15, 0.2) is 0 Å². The molecule has 1 nitrogen and oxygen atoms in total. The van der Waals surface area contributed by atoms with Crippen molar-refractivity contribution in [2.24, 2.45) is 5.92 Å². The second-order valence-electron chi connectivity index (χ2n) is 2.91. The molecule has 0 bridgehead atoms. The van der Waals surface area contributed by atoms with Crippen molar-refractivity contribution in [1.29, 1.82) is 0 Å². The van der Waals surface area contributed by atoms with Crippen molar-refractivity contribution in [2.45, 2.75) is 52.6 Å². The van der Waals surface area contributed by atoms with Crippen LogP contribution < -0.4 is 0 Å². The van der Waals surface area contributed by atoms with Gasteiger partial charge in [0.15, 0.2) is 0 Å². The van der Waals surface area contributed by atoms with E-state index in [-0.39, 0.29) is 6.10 Å². The summed E-state index contributed by atoms with van der Waals surface area (Å²) >= 11 is 0. The minimum absolute atomic E-state index is 0.0196. The molecule has 0 heterocycles. The normalized spacial score (nSPS) is 27.2. The summed E-state index contributed by atoms with van der Waals surface area (Å²) in [5.74, 6) is 0.860. The lowest BCUT2D eigenvalue weighted by atomic mass is 9.89. The molecule has 1 aliphatic rings. The Bertz CT molecular complexity index is 78.4. The third kappa shape index (κ3) is 7.63. The van der Waals surface area contributed by atoms with Crippen LogP contribution in [0.4, 0.5) is 0 Å². The van der Waals surface area contributed by atoms with E-state index >= 15 is 0 Å². The van der Waals surface area contributed by atoms with Crippen LogP contribution in [-0.4, -0.2) is 11.2 Å². The summed E-state index contributed by atoms with van der Waals surface area (Å²) in [5, 5.41) is 9.03. The molecule has 0 unspecified atom stereocenters. The van der Waals surface area contributed by atoms with E-state index in [0.717, 1.165) is 18.8 Å². The lowest BCUT2D eigenvalue weighted by molar-refractivity contribution is 0.112. The lowest BCUT2D eigenvalue weighted by Crippen LogP contribution is -2.15. The Kier molecular flexibility index (Phi) is 12.3. The minimum Gasteiger partial charge on any atom is -0.393 e. The van der Waals surface area contributed by atoms with E-state index in [1.165, 1.54) is 12.8 Å². The SMILES string of the molecule is C#C.CC.CC1CCC(O)CC1.